The van der Waals surface area contributed by atoms with Gasteiger partial charge < -0.3 is 14.8 Å². The maximum absolute atomic E-state index is 13.1. The minimum absolute atomic E-state index is 0.307. The van der Waals surface area contributed by atoms with Gasteiger partial charge in [-0.15, -0.1) is 0 Å². The monoisotopic (exact) mass is 376 g/mol. The molecule has 1 unspecified atom stereocenters. The Kier molecular flexibility index (Phi) is 4.26. The quantitative estimate of drug-likeness (QED) is 0.706. The van der Waals surface area contributed by atoms with Crippen LogP contribution < -0.4 is 10.1 Å². The molecule has 28 heavy (non-hydrogen) atoms. The van der Waals surface area contributed by atoms with E-state index < -0.39 is 17.5 Å². The number of cyclic esters (lactones) is 1. The average Bonchev–Trinajstić information content (AvgIpc) is 2.69. The number of amides is 1. The minimum atomic E-state index is -1.31. The van der Waals surface area contributed by atoms with Crippen molar-refractivity contribution in [3.05, 3.63) is 65.4 Å². The topological polar surface area (TPSA) is 77.5 Å². The number of hydrogen-bond acceptors (Lipinski definition) is 5. The molecule has 0 saturated carbocycles. The van der Waals surface area contributed by atoms with Crippen molar-refractivity contribution >= 4 is 28.5 Å². The van der Waals surface area contributed by atoms with E-state index in [-0.39, 0.29) is 0 Å². The Hall–Kier alpha value is -3.41. The molecular weight excluding hydrogens is 356 g/mol. The third-order valence-electron chi connectivity index (χ3n) is 5.01. The van der Waals surface area contributed by atoms with Gasteiger partial charge in [-0.05, 0) is 49.7 Å². The predicted octanol–water partition coefficient (Wildman–Crippen LogP) is 3.66. The van der Waals surface area contributed by atoms with E-state index in [0.29, 0.717) is 28.9 Å². The number of nitrogens with one attached hydrogen (secondary N) is 1. The van der Waals surface area contributed by atoms with Gasteiger partial charge in [-0.3, -0.25) is 9.78 Å². The molecule has 0 spiro atoms. The summed E-state index contributed by atoms with van der Waals surface area (Å²) in [5, 5.41) is 3.66. The summed E-state index contributed by atoms with van der Waals surface area (Å²) in [6.45, 7) is 3.54. The van der Waals surface area contributed by atoms with Gasteiger partial charge in [-0.1, -0.05) is 17.7 Å². The number of pyridine rings is 1. The smallest absolute Gasteiger partial charge is 0.339 e. The first-order chi connectivity index (χ1) is 13.4. The molecule has 0 bridgehead atoms. The number of carbonyl (C=O) groups excluding carboxylic acids is 2. The molecule has 2 heterocycles. The molecule has 0 radical (unpaired) electrons. The van der Waals surface area contributed by atoms with Gasteiger partial charge in [0.1, 0.15) is 5.75 Å². The van der Waals surface area contributed by atoms with Crippen LogP contribution >= 0.6 is 0 Å². The molecule has 1 amide bonds. The summed E-state index contributed by atoms with van der Waals surface area (Å²) in [5.41, 5.74) is 2.13. The molecule has 1 aromatic heterocycles. The van der Waals surface area contributed by atoms with Gasteiger partial charge in [0.05, 0.1) is 23.9 Å². The van der Waals surface area contributed by atoms with Crippen LogP contribution in [0.2, 0.25) is 0 Å². The number of benzene rings is 2. The van der Waals surface area contributed by atoms with Crippen LogP contribution in [0.4, 0.5) is 5.69 Å². The van der Waals surface area contributed by atoms with Crippen LogP contribution in [0.5, 0.6) is 5.75 Å². The summed E-state index contributed by atoms with van der Waals surface area (Å²) in [6, 6.07) is 12.8. The van der Waals surface area contributed by atoms with E-state index in [1.165, 1.54) is 0 Å². The number of aromatic nitrogens is 1. The molecule has 1 atom stereocenters. The fraction of sp³-hybridized carbons (Fsp3) is 0.227. The van der Waals surface area contributed by atoms with E-state index in [2.05, 4.69) is 10.3 Å². The van der Waals surface area contributed by atoms with Crippen molar-refractivity contribution in [3.63, 3.8) is 0 Å². The lowest BCUT2D eigenvalue weighted by molar-refractivity contribution is -0.134. The fourth-order valence-electron chi connectivity index (χ4n) is 3.50. The molecule has 1 N–H and O–H groups in total. The Morgan fingerprint density at radius 1 is 1.25 bits per heavy atom. The fourth-order valence-corrected chi connectivity index (χ4v) is 3.50. The first kappa shape index (κ1) is 18.0. The number of methoxy groups -OCH3 is 1. The highest BCUT2D eigenvalue weighted by Gasteiger charge is 2.43. The summed E-state index contributed by atoms with van der Waals surface area (Å²) in [7, 11) is 1.59. The summed E-state index contributed by atoms with van der Waals surface area (Å²) >= 11 is 0. The van der Waals surface area contributed by atoms with E-state index >= 15 is 0 Å². The van der Waals surface area contributed by atoms with E-state index in [9.17, 15) is 9.59 Å². The third kappa shape index (κ3) is 2.97. The van der Waals surface area contributed by atoms with Crippen molar-refractivity contribution in [3.8, 4) is 5.75 Å². The molecule has 1 aliphatic heterocycles. The Bertz CT molecular complexity index is 1110. The Labute approximate surface area is 162 Å². The average molecular weight is 376 g/mol. The third-order valence-corrected chi connectivity index (χ3v) is 5.01. The van der Waals surface area contributed by atoms with Crippen LogP contribution in [0.3, 0.4) is 0 Å². The highest BCUT2D eigenvalue weighted by Crippen LogP contribution is 2.33. The van der Waals surface area contributed by atoms with Crippen molar-refractivity contribution < 1.29 is 19.1 Å². The van der Waals surface area contributed by atoms with Crippen molar-refractivity contribution in [1.82, 2.24) is 4.98 Å². The second kappa shape index (κ2) is 6.64. The zero-order valence-corrected chi connectivity index (χ0v) is 15.9. The number of hydrogen-bond donors (Lipinski definition) is 1. The molecule has 6 nitrogen and oxygen atoms in total. The predicted molar refractivity (Wildman–Crippen MR) is 106 cm³/mol. The highest BCUT2D eigenvalue weighted by atomic mass is 16.6. The van der Waals surface area contributed by atoms with E-state index in [1.807, 2.05) is 25.1 Å². The largest absolute Gasteiger partial charge is 0.496 e. The number of carbonyl (C=O) groups is 2. The highest BCUT2D eigenvalue weighted by molar-refractivity contribution is 6.07. The van der Waals surface area contributed by atoms with Gasteiger partial charge >= 0.3 is 5.97 Å². The van der Waals surface area contributed by atoms with Crippen LogP contribution in [0, 0.1) is 6.92 Å². The second-order valence-electron chi connectivity index (χ2n) is 7.13. The number of fused-ring (bicyclic) bond motifs is 2. The van der Waals surface area contributed by atoms with E-state index in [1.54, 1.807) is 44.5 Å². The van der Waals surface area contributed by atoms with E-state index in [4.69, 9.17) is 9.47 Å². The molecule has 0 fully saturated rings. The van der Waals surface area contributed by atoms with Crippen LogP contribution in [-0.2, 0) is 16.0 Å². The number of esters is 1. The lowest BCUT2D eigenvalue weighted by Crippen LogP contribution is -2.49. The summed E-state index contributed by atoms with van der Waals surface area (Å²) < 4.78 is 10.9. The van der Waals surface area contributed by atoms with Gasteiger partial charge in [0.2, 0.25) is 0 Å². The molecule has 0 aliphatic carbocycles. The molecule has 6 heteroatoms. The Balaban J connectivity index is 1.67. The molecule has 4 rings (SSSR count). The number of nitrogens with zero attached hydrogens (tertiary/aromatic N) is 1. The minimum Gasteiger partial charge on any atom is -0.496 e. The van der Waals surface area contributed by atoms with Crippen LogP contribution in [0.25, 0.3) is 10.9 Å². The maximum Gasteiger partial charge on any atom is 0.339 e. The lowest BCUT2D eigenvalue weighted by atomic mass is 9.88. The first-order valence-corrected chi connectivity index (χ1v) is 8.97. The Morgan fingerprint density at radius 3 is 2.86 bits per heavy atom. The number of rotatable bonds is 3. The zero-order valence-electron chi connectivity index (χ0n) is 15.9. The van der Waals surface area contributed by atoms with Gasteiger partial charge in [0.15, 0.2) is 5.60 Å². The summed E-state index contributed by atoms with van der Waals surface area (Å²) in [4.78, 5) is 29.9. The molecule has 142 valence electrons. The zero-order chi connectivity index (χ0) is 19.9. The summed E-state index contributed by atoms with van der Waals surface area (Å²) in [6.07, 6.45) is 1.96. The van der Waals surface area contributed by atoms with Crippen molar-refractivity contribution in [1.29, 1.82) is 0 Å². The summed E-state index contributed by atoms with van der Waals surface area (Å²) in [5.74, 6) is -0.217. The number of anilines is 1. The standard InChI is InChI=1S/C22H20N2O4/c1-13-6-7-14-12-22(2,28-20(25)16(14)11-13)21(26)24-17-8-9-18(27-3)15-5-4-10-23-19(15)17/h4-11H,12H2,1-3H3,(H,24,26). The number of ether oxygens (including phenoxy) is 2. The second-order valence-corrected chi connectivity index (χ2v) is 7.13. The normalized spacial score (nSPS) is 18.3. The van der Waals surface area contributed by atoms with Crippen LogP contribution in [-0.4, -0.2) is 29.6 Å². The van der Waals surface area contributed by atoms with Crippen molar-refractivity contribution in [2.24, 2.45) is 0 Å². The van der Waals surface area contributed by atoms with Gasteiger partial charge in [0.25, 0.3) is 5.91 Å². The maximum atomic E-state index is 13.1. The molecule has 2 aromatic carbocycles. The number of aryl methyl sites for hydroxylation is 1. The van der Waals surface area contributed by atoms with Crippen LogP contribution in [0.1, 0.15) is 28.4 Å². The van der Waals surface area contributed by atoms with Gasteiger partial charge in [-0.25, -0.2) is 4.79 Å². The first-order valence-electron chi connectivity index (χ1n) is 8.97. The van der Waals surface area contributed by atoms with Crippen molar-refractivity contribution in [2.45, 2.75) is 25.9 Å². The van der Waals surface area contributed by atoms with Gasteiger partial charge in [-0.2, -0.15) is 0 Å². The molecular formula is C22H20N2O4. The molecule has 3 aromatic rings. The van der Waals surface area contributed by atoms with Crippen molar-refractivity contribution in [2.75, 3.05) is 12.4 Å². The SMILES string of the molecule is COc1ccc(NC(=O)C2(C)Cc3ccc(C)cc3C(=O)O2)c2ncccc12. The lowest BCUT2D eigenvalue weighted by Gasteiger charge is -2.33. The van der Waals surface area contributed by atoms with Gasteiger partial charge in [0, 0.05) is 18.0 Å². The molecule has 0 saturated heterocycles. The Morgan fingerprint density at radius 2 is 2.07 bits per heavy atom. The van der Waals surface area contributed by atoms with E-state index in [0.717, 1.165) is 16.5 Å². The van der Waals surface area contributed by atoms with Crippen LogP contribution in [0.15, 0.2) is 48.7 Å². The molecule has 1 aliphatic rings.